The van der Waals surface area contributed by atoms with E-state index >= 15 is 0 Å². The fraction of sp³-hybridized carbons (Fsp3) is 1.00. The molecule has 2 fully saturated rings. The molecule has 0 heterocycles. The third-order valence-electron chi connectivity index (χ3n) is 5.89. The van der Waals surface area contributed by atoms with Gasteiger partial charge in [0, 0.05) is 24.3 Å². The molecule has 0 bridgehead atoms. The molecule has 0 aromatic rings. The van der Waals surface area contributed by atoms with Gasteiger partial charge in [0.1, 0.15) is 0 Å². The fourth-order valence-electron chi connectivity index (χ4n) is 5.03. The quantitative estimate of drug-likeness (QED) is 0.589. The Morgan fingerprint density at radius 1 is 1.00 bits per heavy atom. The third-order valence-corrected chi connectivity index (χ3v) is 10.9. The second-order valence-corrected chi connectivity index (χ2v) is 11.6. The first-order chi connectivity index (χ1) is 9.95. The van der Waals surface area contributed by atoms with Crippen LogP contribution in [0.5, 0.6) is 0 Å². The number of rotatable bonds is 6. The first-order valence-corrected chi connectivity index (χ1v) is 11.2. The molecule has 3 unspecified atom stereocenters. The molecular weight excluding hydrogens is 276 g/mol. The van der Waals surface area contributed by atoms with Crippen LogP contribution in [0.1, 0.15) is 79.6 Å². The third kappa shape index (κ3) is 3.73. The van der Waals surface area contributed by atoms with Crippen LogP contribution >= 0.6 is 0 Å². The minimum atomic E-state index is -2.11. The SMILES string of the molecule is CCO[Si](OCC)(C1CCCC(C)(C)C1)C1CCCC1C. The summed E-state index contributed by atoms with van der Waals surface area (Å²) in [5, 5.41) is 0. The summed E-state index contributed by atoms with van der Waals surface area (Å²) in [5.74, 6) is 0.791. The molecule has 2 nitrogen and oxygen atoms in total. The Labute approximate surface area is 133 Å². The van der Waals surface area contributed by atoms with Gasteiger partial charge in [-0.05, 0) is 50.9 Å². The molecule has 21 heavy (non-hydrogen) atoms. The van der Waals surface area contributed by atoms with Crippen molar-refractivity contribution < 1.29 is 8.85 Å². The Balaban J connectivity index is 2.28. The van der Waals surface area contributed by atoms with Gasteiger partial charge in [-0.1, -0.05) is 40.0 Å². The highest BCUT2D eigenvalue weighted by molar-refractivity contribution is 6.70. The van der Waals surface area contributed by atoms with E-state index in [9.17, 15) is 0 Å². The van der Waals surface area contributed by atoms with Crippen molar-refractivity contribution >= 4 is 8.56 Å². The van der Waals surface area contributed by atoms with Gasteiger partial charge in [0.05, 0.1) is 0 Å². The van der Waals surface area contributed by atoms with Crippen LogP contribution in [0.25, 0.3) is 0 Å². The molecule has 0 aliphatic heterocycles. The van der Waals surface area contributed by atoms with Crippen LogP contribution in [0.2, 0.25) is 11.1 Å². The maximum absolute atomic E-state index is 6.57. The Hall–Kier alpha value is 0.137. The van der Waals surface area contributed by atoms with Gasteiger partial charge in [0.2, 0.25) is 0 Å². The minimum absolute atomic E-state index is 0.469. The minimum Gasteiger partial charge on any atom is -0.394 e. The van der Waals surface area contributed by atoms with Crippen molar-refractivity contribution in [2.75, 3.05) is 13.2 Å². The van der Waals surface area contributed by atoms with Gasteiger partial charge in [0.15, 0.2) is 0 Å². The average Bonchev–Trinajstić information content (AvgIpc) is 2.84. The standard InChI is InChI=1S/C18H36O2Si/c1-6-19-21(20-7-2,17-12-8-10-15(17)3)16-11-9-13-18(4,5)14-16/h15-17H,6-14H2,1-5H3. The smallest absolute Gasteiger partial charge is 0.344 e. The van der Waals surface area contributed by atoms with Crippen molar-refractivity contribution in [3.63, 3.8) is 0 Å². The maximum Gasteiger partial charge on any atom is 0.344 e. The summed E-state index contributed by atoms with van der Waals surface area (Å²) in [6.45, 7) is 13.3. The molecule has 2 rings (SSSR count). The van der Waals surface area contributed by atoms with Crippen LogP contribution in [-0.2, 0) is 8.85 Å². The molecule has 2 aliphatic rings. The van der Waals surface area contributed by atoms with Crippen LogP contribution in [0.15, 0.2) is 0 Å². The van der Waals surface area contributed by atoms with Crippen molar-refractivity contribution in [1.29, 1.82) is 0 Å². The van der Waals surface area contributed by atoms with Crippen molar-refractivity contribution in [3.8, 4) is 0 Å². The van der Waals surface area contributed by atoms with Gasteiger partial charge in [0.25, 0.3) is 0 Å². The second-order valence-electron chi connectivity index (χ2n) is 8.06. The average molecular weight is 313 g/mol. The summed E-state index contributed by atoms with van der Waals surface area (Å²) in [7, 11) is -2.11. The summed E-state index contributed by atoms with van der Waals surface area (Å²) in [5.41, 5.74) is 1.89. The molecule has 0 amide bonds. The first kappa shape index (κ1) is 17.5. The molecule has 0 spiro atoms. The predicted octanol–water partition coefficient (Wildman–Crippen LogP) is 5.66. The molecule has 0 aromatic carbocycles. The van der Waals surface area contributed by atoms with Crippen LogP contribution in [-0.4, -0.2) is 21.8 Å². The Morgan fingerprint density at radius 2 is 1.67 bits per heavy atom. The number of hydrogen-bond acceptors (Lipinski definition) is 2. The molecule has 3 heteroatoms. The van der Waals surface area contributed by atoms with Gasteiger partial charge < -0.3 is 8.85 Å². The lowest BCUT2D eigenvalue weighted by Crippen LogP contribution is -2.53. The summed E-state index contributed by atoms with van der Waals surface area (Å²) < 4.78 is 13.1. The van der Waals surface area contributed by atoms with E-state index < -0.39 is 8.56 Å². The molecule has 0 aromatic heterocycles. The molecule has 0 N–H and O–H groups in total. The molecular formula is C18H36O2Si. The van der Waals surface area contributed by atoms with Crippen LogP contribution in [0.4, 0.5) is 0 Å². The Kier molecular flexibility index (Phi) is 5.95. The van der Waals surface area contributed by atoms with E-state index in [4.69, 9.17) is 8.85 Å². The predicted molar refractivity (Wildman–Crippen MR) is 91.8 cm³/mol. The van der Waals surface area contributed by atoms with Gasteiger partial charge >= 0.3 is 8.56 Å². The van der Waals surface area contributed by atoms with Crippen molar-refractivity contribution in [1.82, 2.24) is 0 Å². The van der Waals surface area contributed by atoms with Gasteiger partial charge in [-0.25, -0.2) is 0 Å². The fourth-order valence-corrected chi connectivity index (χ4v) is 10.5. The molecule has 3 atom stereocenters. The van der Waals surface area contributed by atoms with Crippen LogP contribution in [0.3, 0.4) is 0 Å². The van der Waals surface area contributed by atoms with E-state index in [1.165, 1.54) is 44.9 Å². The molecule has 124 valence electrons. The summed E-state index contributed by atoms with van der Waals surface area (Å²) in [6.07, 6.45) is 9.44. The second kappa shape index (κ2) is 7.14. The zero-order chi connectivity index (χ0) is 15.5. The highest BCUT2D eigenvalue weighted by Gasteiger charge is 2.56. The Bertz CT molecular complexity index is 323. The lowest BCUT2D eigenvalue weighted by Gasteiger charge is -2.47. The lowest BCUT2D eigenvalue weighted by atomic mass is 9.77. The van der Waals surface area contributed by atoms with E-state index in [1.807, 2.05) is 0 Å². The zero-order valence-corrected chi connectivity index (χ0v) is 15.9. The Morgan fingerprint density at radius 3 is 2.14 bits per heavy atom. The largest absolute Gasteiger partial charge is 0.394 e. The van der Waals surface area contributed by atoms with E-state index in [-0.39, 0.29) is 0 Å². The number of hydrogen-bond donors (Lipinski definition) is 0. The van der Waals surface area contributed by atoms with Gasteiger partial charge in [-0.2, -0.15) is 0 Å². The van der Waals surface area contributed by atoms with Gasteiger partial charge in [-0.15, -0.1) is 0 Å². The summed E-state index contributed by atoms with van der Waals surface area (Å²) in [6, 6.07) is 0. The highest BCUT2D eigenvalue weighted by Crippen LogP contribution is 2.55. The highest BCUT2D eigenvalue weighted by atomic mass is 28.4. The van der Waals surface area contributed by atoms with Crippen molar-refractivity contribution in [3.05, 3.63) is 0 Å². The molecule has 0 saturated heterocycles. The lowest BCUT2D eigenvalue weighted by molar-refractivity contribution is 0.129. The monoisotopic (exact) mass is 312 g/mol. The van der Waals surface area contributed by atoms with Crippen molar-refractivity contribution in [2.24, 2.45) is 11.3 Å². The van der Waals surface area contributed by atoms with E-state index in [0.717, 1.165) is 24.7 Å². The van der Waals surface area contributed by atoms with E-state index in [1.54, 1.807) is 0 Å². The summed E-state index contributed by atoms with van der Waals surface area (Å²) >= 11 is 0. The summed E-state index contributed by atoms with van der Waals surface area (Å²) in [4.78, 5) is 0. The molecule has 2 saturated carbocycles. The van der Waals surface area contributed by atoms with Crippen LogP contribution < -0.4 is 0 Å². The maximum atomic E-state index is 6.57. The van der Waals surface area contributed by atoms with Gasteiger partial charge in [-0.3, -0.25) is 0 Å². The topological polar surface area (TPSA) is 18.5 Å². The first-order valence-electron chi connectivity index (χ1n) is 9.23. The van der Waals surface area contributed by atoms with Crippen molar-refractivity contribution in [2.45, 2.75) is 90.6 Å². The molecule has 2 aliphatic carbocycles. The van der Waals surface area contributed by atoms with E-state index in [2.05, 4.69) is 34.6 Å². The van der Waals surface area contributed by atoms with E-state index in [0.29, 0.717) is 11.0 Å². The zero-order valence-electron chi connectivity index (χ0n) is 14.9. The van der Waals surface area contributed by atoms with Crippen LogP contribution in [0, 0.1) is 11.3 Å². The normalized spacial score (nSPS) is 33.3. The molecule has 0 radical (unpaired) electrons.